The fourth-order valence-electron chi connectivity index (χ4n) is 3.13. The first kappa shape index (κ1) is 20.5. The van der Waals surface area contributed by atoms with Gasteiger partial charge in [0.25, 0.3) is 0 Å². The van der Waals surface area contributed by atoms with Gasteiger partial charge in [0.05, 0.1) is 16.7 Å². The molecule has 0 atom stereocenters. The van der Waals surface area contributed by atoms with E-state index in [-0.39, 0.29) is 11.6 Å². The average Bonchev–Trinajstić information content (AvgIpc) is 3.35. The first-order valence-corrected chi connectivity index (χ1v) is 9.95. The Labute approximate surface area is 180 Å². The molecule has 1 amide bonds. The van der Waals surface area contributed by atoms with Gasteiger partial charge in [-0.1, -0.05) is 0 Å². The van der Waals surface area contributed by atoms with Gasteiger partial charge in [0, 0.05) is 36.5 Å². The number of carbonyl (C=O) groups is 1. The number of hydrogen-bond acceptors (Lipinski definition) is 6. The highest BCUT2D eigenvalue weighted by atomic mass is 16.5. The van der Waals surface area contributed by atoms with Crippen molar-refractivity contribution in [3.05, 3.63) is 60.8 Å². The third-order valence-corrected chi connectivity index (χ3v) is 4.67. The fourth-order valence-corrected chi connectivity index (χ4v) is 3.13. The summed E-state index contributed by atoms with van der Waals surface area (Å²) in [5.41, 5.74) is 1.45. The number of aromatic nitrogens is 5. The van der Waals surface area contributed by atoms with Crippen LogP contribution in [0.4, 0.5) is 10.6 Å². The van der Waals surface area contributed by atoms with E-state index in [4.69, 9.17) is 4.74 Å². The number of ether oxygens (including phenoxy) is 1. The molecule has 0 saturated carbocycles. The van der Waals surface area contributed by atoms with Crippen LogP contribution in [0.3, 0.4) is 0 Å². The van der Waals surface area contributed by atoms with E-state index in [1.54, 1.807) is 29.0 Å². The highest BCUT2D eigenvalue weighted by Crippen LogP contribution is 2.26. The number of fused-ring (bicyclic) bond motifs is 1. The predicted molar refractivity (Wildman–Crippen MR) is 118 cm³/mol. The van der Waals surface area contributed by atoms with Gasteiger partial charge in [-0.05, 0) is 52.1 Å². The highest BCUT2D eigenvalue weighted by Gasteiger charge is 2.16. The minimum Gasteiger partial charge on any atom is -0.439 e. The molecule has 3 aromatic heterocycles. The number of amides is 1. The summed E-state index contributed by atoms with van der Waals surface area (Å²) in [6, 6.07) is 10.7. The normalized spacial score (nSPS) is 11.6. The zero-order chi connectivity index (χ0) is 22.0. The molecule has 0 saturated heterocycles. The van der Waals surface area contributed by atoms with E-state index in [1.165, 1.54) is 6.33 Å². The molecule has 4 aromatic rings. The number of benzene rings is 1. The van der Waals surface area contributed by atoms with E-state index in [2.05, 4.69) is 25.7 Å². The molecule has 0 fully saturated rings. The summed E-state index contributed by atoms with van der Waals surface area (Å²) in [5.74, 6) is 1.60. The second-order valence-electron chi connectivity index (χ2n) is 8.13. The fraction of sp³-hybridized carbons (Fsp3) is 0.273. The van der Waals surface area contributed by atoms with Crippen molar-refractivity contribution in [1.29, 1.82) is 0 Å². The third kappa shape index (κ3) is 4.56. The minimum absolute atomic E-state index is 0.156. The van der Waals surface area contributed by atoms with Crippen molar-refractivity contribution in [2.45, 2.75) is 32.9 Å². The molecule has 9 heteroatoms. The summed E-state index contributed by atoms with van der Waals surface area (Å²) >= 11 is 0. The van der Waals surface area contributed by atoms with Crippen molar-refractivity contribution < 1.29 is 9.53 Å². The van der Waals surface area contributed by atoms with Gasteiger partial charge in [-0.15, -0.1) is 0 Å². The van der Waals surface area contributed by atoms with Crippen LogP contribution in [-0.2, 0) is 12.1 Å². The van der Waals surface area contributed by atoms with Gasteiger partial charge >= 0.3 is 6.03 Å². The van der Waals surface area contributed by atoms with Crippen LogP contribution in [0.1, 0.15) is 26.5 Å². The Morgan fingerprint density at radius 1 is 1.10 bits per heavy atom. The monoisotopic (exact) mass is 419 g/mol. The van der Waals surface area contributed by atoms with Gasteiger partial charge in [-0.3, -0.25) is 14.6 Å². The lowest BCUT2D eigenvalue weighted by Gasteiger charge is -2.18. The molecule has 0 spiro atoms. The number of anilines is 1. The Hall–Kier alpha value is -3.72. The molecular weight excluding hydrogens is 394 g/mol. The van der Waals surface area contributed by atoms with Crippen LogP contribution in [0.5, 0.6) is 11.6 Å². The van der Waals surface area contributed by atoms with Gasteiger partial charge in [-0.25, -0.2) is 14.8 Å². The Balaban J connectivity index is 1.51. The molecule has 0 unspecified atom stereocenters. The lowest BCUT2D eigenvalue weighted by Crippen LogP contribution is -2.23. The maximum absolute atomic E-state index is 12.8. The second-order valence-corrected chi connectivity index (χ2v) is 8.13. The van der Waals surface area contributed by atoms with E-state index < -0.39 is 0 Å². The van der Waals surface area contributed by atoms with Crippen LogP contribution in [0, 0.1) is 0 Å². The Morgan fingerprint density at radius 2 is 1.94 bits per heavy atom. The first-order valence-electron chi connectivity index (χ1n) is 9.95. The zero-order valence-corrected chi connectivity index (χ0v) is 18.0. The highest BCUT2D eigenvalue weighted by molar-refractivity contribution is 5.98. The first-order chi connectivity index (χ1) is 14.8. The van der Waals surface area contributed by atoms with Gasteiger partial charge in [-0.2, -0.15) is 5.10 Å². The Morgan fingerprint density at radius 3 is 2.68 bits per heavy atom. The summed E-state index contributed by atoms with van der Waals surface area (Å²) in [6.07, 6.45) is 5.05. The number of hydrogen-bond donors (Lipinski definition) is 2. The molecule has 4 rings (SSSR count). The molecule has 31 heavy (non-hydrogen) atoms. The smallest absolute Gasteiger partial charge is 0.331 e. The maximum Gasteiger partial charge on any atom is 0.331 e. The molecule has 0 bridgehead atoms. The van der Waals surface area contributed by atoms with E-state index in [9.17, 15) is 4.79 Å². The van der Waals surface area contributed by atoms with Gasteiger partial charge in [0.2, 0.25) is 5.88 Å². The minimum atomic E-state index is -0.282. The summed E-state index contributed by atoms with van der Waals surface area (Å²) in [5, 5.41) is 11.2. The molecule has 0 radical (unpaired) electrons. The van der Waals surface area contributed by atoms with Crippen molar-refractivity contribution in [3.8, 4) is 11.6 Å². The summed E-state index contributed by atoms with van der Waals surface area (Å²) in [7, 11) is 1.85. The molecule has 1 aromatic carbocycles. The lowest BCUT2D eigenvalue weighted by molar-refractivity contribution is 0.254. The number of rotatable bonds is 5. The molecule has 2 N–H and O–H groups in total. The number of nitrogens with one attached hydrogen (secondary N) is 2. The maximum atomic E-state index is 12.8. The molecule has 0 aliphatic heterocycles. The SMILES string of the molecule is CNCc1cc(Oc2ccc3c(ccn3C(=O)Nc3ccn(C(C)(C)C)n3)c2)ncn1. The average molecular weight is 419 g/mol. The van der Waals surface area contributed by atoms with Crippen LogP contribution in [0.15, 0.2) is 55.1 Å². The van der Waals surface area contributed by atoms with Crippen LogP contribution in [0.25, 0.3) is 10.9 Å². The van der Waals surface area contributed by atoms with Crippen LogP contribution >= 0.6 is 0 Å². The zero-order valence-electron chi connectivity index (χ0n) is 18.0. The van der Waals surface area contributed by atoms with Crippen molar-refractivity contribution >= 4 is 22.8 Å². The Bertz CT molecular complexity index is 1220. The van der Waals surface area contributed by atoms with E-state index in [0.717, 1.165) is 16.6 Å². The number of carbonyl (C=O) groups excluding carboxylic acids is 1. The van der Waals surface area contributed by atoms with E-state index >= 15 is 0 Å². The Kier molecular flexibility index (Phi) is 5.43. The quantitative estimate of drug-likeness (QED) is 0.508. The van der Waals surface area contributed by atoms with Crippen LogP contribution in [0.2, 0.25) is 0 Å². The van der Waals surface area contributed by atoms with Gasteiger partial charge in [0.15, 0.2) is 5.82 Å². The van der Waals surface area contributed by atoms with E-state index in [1.807, 2.05) is 56.9 Å². The molecule has 0 aliphatic rings. The second kappa shape index (κ2) is 8.19. The topological polar surface area (TPSA) is 98.9 Å². The van der Waals surface area contributed by atoms with Crippen molar-refractivity contribution in [1.82, 2.24) is 29.6 Å². The molecular formula is C22H25N7O2. The van der Waals surface area contributed by atoms with Crippen molar-refractivity contribution in [2.24, 2.45) is 0 Å². The van der Waals surface area contributed by atoms with Crippen molar-refractivity contribution in [3.63, 3.8) is 0 Å². The van der Waals surface area contributed by atoms with Crippen LogP contribution in [-0.4, -0.2) is 37.4 Å². The van der Waals surface area contributed by atoms with Crippen LogP contribution < -0.4 is 15.4 Å². The lowest BCUT2D eigenvalue weighted by atomic mass is 10.1. The van der Waals surface area contributed by atoms with Gasteiger partial charge in [0.1, 0.15) is 12.1 Å². The third-order valence-electron chi connectivity index (χ3n) is 4.67. The summed E-state index contributed by atoms with van der Waals surface area (Å²) in [4.78, 5) is 21.1. The largest absolute Gasteiger partial charge is 0.439 e. The standard InChI is InChI=1S/C22H25N7O2/c1-22(2,3)29-10-8-19(27-29)26-21(30)28-9-7-15-11-17(5-6-18(15)28)31-20-12-16(13-23-4)24-14-25-20/h5-12,14,23H,13H2,1-4H3,(H,26,27,30). The molecule has 0 aliphatic carbocycles. The van der Waals surface area contributed by atoms with Gasteiger partial charge < -0.3 is 10.1 Å². The van der Waals surface area contributed by atoms with E-state index in [0.29, 0.717) is 24.0 Å². The number of nitrogens with zero attached hydrogens (tertiary/aromatic N) is 5. The molecule has 9 nitrogen and oxygen atoms in total. The molecule has 160 valence electrons. The predicted octanol–water partition coefficient (Wildman–Crippen LogP) is 3.97. The molecule has 3 heterocycles. The summed E-state index contributed by atoms with van der Waals surface area (Å²) in [6.45, 7) is 6.78. The van der Waals surface area contributed by atoms with Crippen molar-refractivity contribution in [2.75, 3.05) is 12.4 Å². The summed E-state index contributed by atoms with van der Waals surface area (Å²) < 4.78 is 9.23.